The summed E-state index contributed by atoms with van der Waals surface area (Å²) in [5.74, 6) is 0.345. The number of thiophene rings is 1. The van der Waals surface area contributed by atoms with Crippen LogP contribution in [0.1, 0.15) is 53.7 Å². The molecule has 1 aromatic rings. The van der Waals surface area contributed by atoms with Gasteiger partial charge in [-0.1, -0.05) is 6.92 Å². The van der Waals surface area contributed by atoms with E-state index in [-0.39, 0.29) is 24.4 Å². The van der Waals surface area contributed by atoms with Crippen LogP contribution in [-0.2, 0) is 22.4 Å². The molecule has 21 heavy (non-hydrogen) atoms. The molecule has 0 fully saturated rings. The maximum atomic E-state index is 12.1. The van der Waals surface area contributed by atoms with Crippen LogP contribution in [0.5, 0.6) is 0 Å². The normalized spacial score (nSPS) is 17.4. The van der Waals surface area contributed by atoms with E-state index in [1.54, 1.807) is 11.3 Å². The second-order valence-electron chi connectivity index (χ2n) is 5.95. The van der Waals surface area contributed by atoms with Crippen LogP contribution < -0.4 is 5.32 Å². The van der Waals surface area contributed by atoms with E-state index in [2.05, 4.69) is 12.2 Å². The van der Waals surface area contributed by atoms with Crippen molar-refractivity contribution < 1.29 is 14.3 Å². The first kappa shape index (κ1) is 16.0. The van der Waals surface area contributed by atoms with Crippen LogP contribution in [0, 0.1) is 5.92 Å². The third-order valence-electron chi connectivity index (χ3n) is 3.53. The average Bonchev–Trinajstić information content (AvgIpc) is 2.80. The number of nitrogens with one attached hydrogen (secondary N) is 1. The molecule has 5 heteroatoms. The van der Waals surface area contributed by atoms with Gasteiger partial charge in [-0.05, 0) is 50.7 Å². The number of rotatable bonds is 5. The molecular formula is C16H23NO3S. The average molecular weight is 309 g/mol. The molecule has 1 aromatic heterocycles. The highest BCUT2D eigenvalue weighted by Gasteiger charge is 2.20. The van der Waals surface area contributed by atoms with E-state index >= 15 is 0 Å². The lowest BCUT2D eigenvalue weighted by molar-refractivity contribution is -0.147. The summed E-state index contributed by atoms with van der Waals surface area (Å²) in [7, 11) is 0. The summed E-state index contributed by atoms with van der Waals surface area (Å²) in [6.07, 6.45) is 3.45. The number of amides is 1. The summed E-state index contributed by atoms with van der Waals surface area (Å²) in [5.41, 5.74) is 1.32. The molecule has 4 nitrogen and oxygen atoms in total. The van der Waals surface area contributed by atoms with Gasteiger partial charge >= 0.3 is 5.97 Å². The molecule has 0 aromatic carbocycles. The second kappa shape index (κ2) is 7.07. The topological polar surface area (TPSA) is 55.4 Å². The van der Waals surface area contributed by atoms with Crippen molar-refractivity contribution in [2.75, 3.05) is 6.54 Å². The first-order chi connectivity index (χ1) is 9.95. The molecule has 0 aliphatic heterocycles. The van der Waals surface area contributed by atoms with Gasteiger partial charge in [0.1, 0.15) is 0 Å². The van der Waals surface area contributed by atoms with Crippen LogP contribution in [0.3, 0.4) is 0 Å². The molecule has 0 radical (unpaired) electrons. The fourth-order valence-electron chi connectivity index (χ4n) is 2.50. The van der Waals surface area contributed by atoms with Gasteiger partial charge in [0.15, 0.2) is 0 Å². The first-order valence-corrected chi connectivity index (χ1v) is 8.36. The van der Waals surface area contributed by atoms with Gasteiger partial charge in [0.05, 0.1) is 17.4 Å². The zero-order valence-corrected chi connectivity index (χ0v) is 13.7. The Morgan fingerprint density at radius 3 is 2.95 bits per heavy atom. The van der Waals surface area contributed by atoms with Crippen molar-refractivity contribution in [3.05, 3.63) is 21.4 Å². The van der Waals surface area contributed by atoms with Gasteiger partial charge in [-0.15, -0.1) is 11.3 Å². The Balaban J connectivity index is 1.83. The Hall–Kier alpha value is -1.36. The van der Waals surface area contributed by atoms with Crippen molar-refractivity contribution in [1.82, 2.24) is 5.32 Å². The van der Waals surface area contributed by atoms with Gasteiger partial charge in [0.25, 0.3) is 5.91 Å². The van der Waals surface area contributed by atoms with Crippen LogP contribution in [0.15, 0.2) is 6.07 Å². The van der Waals surface area contributed by atoms with E-state index in [4.69, 9.17) is 4.74 Å². The smallest absolute Gasteiger partial charge is 0.307 e. The molecule has 2 rings (SSSR count). The number of fused-ring (bicyclic) bond motifs is 1. The zero-order chi connectivity index (χ0) is 15.4. The minimum Gasteiger partial charge on any atom is -0.463 e. The third-order valence-corrected chi connectivity index (χ3v) is 4.77. The van der Waals surface area contributed by atoms with Crippen LogP contribution in [-0.4, -0.2) is 24.5 Å². The number of ether oxygens (including phenoxy) is 1. The maximum absolute atomic E-state index is 12.1. The quantitative estimate of drug-likeness (QED) is 0.851. The van der Waals surface area contributed by atoms with E-state index in [1.807, 2.05) is 19.9 Å². The predicted molar refractivity (Wildman–Crippen MR) is 83.7 cm³/mol. The molecule has 1 amide bonds. The van der Waals surface area contributed by atoms with Gasteiger partial charge in [-0.2, -0.15) is 0 Å². The Kier molecular flexibility index (Phi) is 5.39. The third kappa shape index (κ3) is 4.56. The van der Waals surface area contributed by atoms with Gasteiger partial charge < -0.3 is 10.1 Å². The molecule has 0 bridgehead atoms. The second-order valence-corrected chi connectivity index (χ2v) is 7.09. The molecule has 116 valence electrons. The summed E-state index contributed by atoms with van der Waals surface area (Å²) < 4.78 is 5.03. The fourth-order valence-corrected chi connectivity index (χ4v) is 3.63. The zero-order valence-electron chi connectivity index (χ0n) is 12.9. The van der Waals surface area contributed by atoms with E-state index in [9.17, 15) is 9.59 Å². The number of aryl methyl sites for hydroxylation is 1. The highest BCUT2D eigenvalue weighted by Crippen LogP contribution is 2.32. The lowest BCUT2D eigenvalue weighted by Gasteiger charge is -2.16. The number of hydrogen-bond donors (Lipinski definition) is 1. The molecule has 1 heterocycles. The predicted octanol–water partition coefficient (Wildman–Crippen LogP) is 2.94. The minimum absolute atomic E-state index is 0.0839. The van der Waals surface area contributed by atoms with Gasteiger partial charge in [0, 0.05) is 11.4 Å². The fraction of sp³-hybridized carbons (Fsp3) is 0.625. The van der Waals surface area contributed by atoms with E-state index < -0.39 is 0 Å². The highest BCUT2D eigenvalue weighted by molar-refractivity contribution is 7.14. The molecule has 0 saturated heterocycles. The summed E-state index contributed by atoms with van der Waals surface area (Å²) >= 11 is 1.59. The minimum atomic E-state index is -0.274. The largest absolute Gasteiger partial charge is 0.463 e. The van der Waals surface area contributed by atoms with Crippen LogP contribution in [0.2, 0.25) is 0 Å². The highest BCUT2D eigenvalue weighted by atomic mass is 32.1. The molecule has 1 aliphatic carbocycles. The van der Waals surface area contributed by atoms with Crippen molar-refractivity contribution in [2.24, 2.45) is 5.92 Å². The monoisotopic (exact) mass is 309 g/mol. The summed E-state index contributed by atoms with van der Waals surface area (Å²) in [6, 6.07) is 2.01. The molecule has 0 saturated carbocycles. The number of esters is 1. The van der Waals surface area contributed by atoms with Gasteiger partial charge in [-0.25, -0.2) is 0 Å². The standard InChI is InChI=1S/C16H23NO3S/c1-10(2)20-15(18)6-7-17-16(19)14-9-12-8-11(3)4-5-13(12)21-14/h9-11H,4-8H2,1-3H3,(H,17,19). The molecule has 1 N–H and O–H groups in total. The summed E-state index contributed by atoms with van der Waals surface area (Å²) in [4.78, 5) is 25.6. The van der Waals surface area contributed by atoms with Crippen molar-refractivity contribution in [2.45, 2.75) is 52.6 Å². The van der Waals surface area contributed by atoms with E-state index in [1.165, 1.54) is 16.9 Å². The lowest BCUT2D eigenvalue weighted by atomic mass is 9.90. The van der Waals surface area contributed by atoms with E-state index in [0.29, 0.717) is 12.5 Å². The molecule has 0 spiro atoms. The van der Waals surface area contributed by atoms with Gasteiger partial charge in [0.2, 0.25) is 0 Å². The van der Waals surface area contributed by atoms with Crippen molar-refractivity contribution in [1.29, 1.82) is 0 Å². The van der Waals surface area contributed by atoms with Crippen LogP contribution in [0.25, 0.3) is 0 Å². The Morgan fingerprint density at radius 2 is 2.24 bits per heavy atom. The molecule has 1 unspecified atom stereocenters. The van der Waals surface area contributed by atoms with Crippen molar-refractivity contribution >= 4 is 23.2 Å². The van der Waals surface area contributed by atoms with Gasteiger partial charge in [-0.3, -0.25) is 9.59 Å². The molecule has 1 atom stereocenters. The first-order valence-electron chi connectivity index (χ1n) is 7.55. The van der Waals surface area contributed by atoms with Crippen molar-refractivity contribution in [3.63, 3.8) is 0 Å². The summed E-state index contributed by atoms with van der Waals surface area (Å²) in [5, 5.41) is 2.79. The molecule has 1 aliphatic rings. The number of carbonyl (C=O) groups is 2. The Labute approximate surface area is 129 Å². The SMILES string of the molecule is CC1CCc2sc(C(=O)NCCC(=O)OC(C)C)cc2C1. The Bertz CT molecular complexity index is 522. The number of hydrogen-bond acceptors (Lipinski definition) is 4. The van der Waals surface area contributed by atoms with Crippen LogP contribution in [0.4, 0.5) is 0 Å². The van der Waals surface area contributed by atoms with Crippen LogP contribution >= 0.6 is 11.3 Å². The Morgan fingerprint density at radius 1 is 1.48 bits per heavy atom. The summed E-state index contributed by atoms with van der Waals surface area (Å²) in [6.45, 7) is 6.20. The number of carbonyl (C=O) groups excluding carboxylic acids is 2. The lowest BCUT2D eigenvalue weighted by Crippen LogP contribution is -2.26. The van der Waals surface area contributed by atoms with E-state index in [0.717, 1.165) is 17.7 Å². The molecular weight excluding hydrogens is 286 g/mol. The van der Waals surface area contributed by atoms with Crippen molar-refractivity contribution in [3.8, 4) is 0 Å². The maximum Gasteiger partial charge on any atom is 0.307 e.